The molecule has 6 nitrogen and oxygen atoms in total. The van der Waals surface area contributed by atoms with Crippen LogP contribution in [0.15, 0.2) is 42.9 Å². The smallest absolute Gasteiger partial charge is 0.250 e. The highest BCUT2D eigenvalue weighted by Crippen LogP contribution is 2.27. The molecule has 24 heavy (non-hydrogen) atoms. The Morgan fingerprint density at radius 3 is 2.75 bits per heavy atom. The third-order valence-corrected chi connectivity index (χ3v) is 7.15. The highest BCUT2D eigenvalue weighted by molar-refractivity contribution is 9.11. The molecule has 0 aliphatic heterocycles. The topological polar surface area (TPSA) is 77.1 Å². The largest absolute Gasteiger partial charge is 0.464 e. The van der Waals surface area contributed by atoms with Crippen molar-refractivity contribution in [1.82, 2.24) is 14.5 Å². The first-order chi connectivity index (χ1) is 11.4. The van der Waals surface area contributed by atoms with E-state index >= 15 is 0 Å². The molecular formula is C15H16BrN3O3S2. The van der Waals surface area contributed by atoms with E-state index in [1.54, 1.807) is 23.1 Å². The number of rotatable bonds is 6. The van der Waals surface area contributed by atoms with Crippen molar-refractivity contribution in [3.8, 4) is 11.3 Å². The lowest BCUT2D eigenvalue weighted by atomic mass is 10.1. The number of hydrogen-bond acceptors (Lipinski definition) is 5. The number of furan rings is 1. The van der Waals surface area contributed by atoms with Gasteiger partial charge in [0.1, 0.15) is 9.97 Å². The zero-order valence-corrected chi connectivity index (χ0v) is 16.3. The fourth-order valence-corrected chi connectivity index (χ4v) is 5.57. The molecule has 0 aliphatic rings. The van der Waals surface area contributed by atoms with Crippen molar-refractivity contribution in [2.75, 3.05) is 6.54 Å². The lowest BCUT2D eigenvalue weighted by molar-refractivity contribution is 0.555. The minimum absolute atomic E-state index is 0.261. The highest BCUT2D eigenvalue weighted by atomic mass is 79.9. The fourth-order valence-electron chi connectivity index (χ4n) is 2.49. The van der Waals surface area contributed by atoms with Gasteiger partial charge in [0.05, 0.1) is 27.9 Å². The van der Waals surface area contributed by atoms with E-state index in [9.17, 15) is 8.42 Å². The van der Waals surface area contributed by atoms with Gasteiger partial charge in [-0.3, -0.25) is 4.68 Å². The fraction of sp³-hybridized carbons (Fsp3) is 0.267. The summed E-state index contributed by atoms with van der Waals surface area (Å²) in [7, 11) is -3.49. The van der Waals surface area contributed by atoms with E-state index in [4.69, 9.17) is 4.42 Å². The van der Waals surface area contributed by atoms with Gasteiger partial charge >= 0.3 is 0 Å². The van der Waals surface area contributed by atoms with Crippen LogP contribution in [0, 0.1) is 13.8 Å². The quantitative estimate of drug-likeness (QED) is 0.649. The van der Waals surface area contributed by atoms with Crippen LogP contribution in [-0.2, 0) is 16.6 Å². The molecule has 9 heteroatoms. The zero-order chi connectivity index (χ0) is 17.3. The molecule has 0 saturated carbocycles. The Kier molecular flexibility index (Phi) is 4.95. The maximum atomic E-state index is 12.2. The molecule has 0 fully saturated rings. The van der Waals surface area contributed by atoms with Gasteiger partial charge in [-0.05, 0) is 54.0 Å². The van der Waals surface area contributed by atoms with E-state index in [2.05, 4.69) is 25.8 Å². The van der Waals surface area contributed by atoms with Gasteiger partial charge in [0, 0.05) is 12.2 Å². The van der Waals surface area contributed by atoms with E-state index in [1.165, 1.54) is 11.3 Å². The molecule has 0 aromatic carbocycles. The van der Waals surface area contributed by atoms with Crippen LogP contribution in [0.5, 0.6) is 0 Å². The molecule has 3 heterocycles. The normalized spacial score (nSPS) is 12.0. The van der Waals surface area contributed by atoms with Crippen LogP contribution in [0.25, 0.3) is 11.3 Å². The van der Waals surface area contributed by atoms with Crippen LogP contribution in [0.4, 0.5) is 0 Å². The molecule has 0 aliphatic carbocycles. The Labute approximate surface area is 152 Å². The number of aromatic nitrogens is 2. The average Bonchev–Trinajstić information content (AvgIpc) is 3.22. The number of thiophene rings is 1. The molecule has 0 amide bonds. The second-order valence-electron chi connectivity index (χ2n) is 5.20. The average molecular weight is 430 g/mol. The summed E-state index contributed by atoms with van der Waals surface area (Å²) in [5, 5.41) is 4.48. The van der Waals surface area contributed by atoms with Gasteiger partial charge in [0.2, 0.25) is 10.0 Å². The molecule has 3 aromatic heterocycles. The Balaban J connectivity index is 1.71. The Hall–Kier alpha value is -1.42. The number of nitrogens with zero attached hydrogens (tertiary/aromatic N) is 2. The zero-order valence-electron chi connectivity index (χ0n) is 13.1. The van der Waals surface area contributed by atoms with Crippen LogP contribution in [0.1, 0.15) is 11.4 Å². The number of sulfonamides is 1. The molecule has 0 unspecified atom stereocenters. The molecule has 0 saturated heterocycles. The second-order valence-corrected chi connectivity index (χ2v) is 9.66. The summed E-state index contributed by atoms with van der Waals surface area (Å²) in [5.74, 6) is 0.764. The Bertz CT molecular complexity index is 943. The number of hydrogen-bond donors (Lipinski definition) is 1. The summed E-state index contributed by atoms with van der Waals surface area (Å²) in [6.07, 6.45) is 1.62. The predicted molar refractivity (Wildman–Crippen MR) is 96.6 cm³/mol. The van der Waals surface area contributed by atoms with E-state index in [0.717, 1.165) is 26.5 Å². The van der Waals surface area contributed by atoms with E-state index in [1.807, 2.05) is 26.0 Å². The van der Waals surface area contributed by atoms with Gasteiger partial charge in [0.25, 0.3) is 0 Å². The monoisotopic (exact) mass is 429 g/mol. The summed E-state index contributed by atoms with van der Waals surface area (Å²) >= 11 is 4.45. The van der Waals surface area contributed by atoms with Gasteiger partial charge in [-0.15, -0.1) is 11.3 Å². The van der Waals surface area contributed by atoms with Gasteiger partial charge < -0.3 is 4.42 Å². The van der Waals surface area contributed by atoms with Crippen LogP contribution < -0.4 is 4.72 Å². The van der Waals surface area contributed by atoms with Crippen molar-refractivity contribution in [2.45, 2.75) is 24.6 Å². The van der Waals surface area contributed by atoms with Gasteiger partial charge in [-0.25, -0.2) is 13.1 Å². The molecule has 3 rings (SSSR count). The number of aryl methyl sites for hydroxylation is 1. The third kappa shape index (κ3) is 3.49. The molecule has 0 bridgehead atoms. The molecule has 0 radical (unpaired) electrons. The summed E-state index contributed by atoms with van der Waals surface area (Å²) in [6, 6.07) is 7.02. The van der Waals surface area contributed by atoms with Gasteiger partial charge in [0.15, 0.2) is 0 Å². The first-order valence-corrected chi connectivity index (χ1v) is 10.3. The molecule has 0 atom stereocenters. The number of halogens is 1. The van der Waals surface area contributed by atoms with Crippen molar-refractivity contribution in [2.24, 2.45) is 0 Å². The molecular weight excluding hydrogens is 414 g/mol. The predicted octanol–water partition coefficient (Wildman–Crippen LogP) is 3.56. The Morgan fingerprint density at radius 1 is 1.33 bits per heavy atom. The maximum Gasteiger partial charge on any atom is 0.250 e. The van der Waals surface area contributed by atoms with Crippen molar-refractivity contribution < 1.29 is 12.8 Å². The van der Waals surface area contributed by atoms with E-state index in [0.29, 0.717) is 10.8 Å². The van der Waals surface area contributed by atoms with E-state index in [-0.39, 0.29) is 6.54 Å². The number of nitrogens with one attached hydrogen (secondary N) is 1. The van der Waals surface area contributed by atoms with Crippen LogP contribution in [0.2, 0.25) is 0 Å². The second kappa shape index (κ2) is 6.83. The first-order valence-electron chi connectivity index (χ1n) is 7.21. The summed E-state index contributed by atoms with van der Waals surface area (Å²) < 4.78 is 35.3. The minimum Gasteiger partial charge on any atom is -0.464 e. The SMILES string of the molecule is Cc1nn(CCNS(=O)(=O)c2ccc(Br)s2)c(C)c1-c1ccco1. The third-order valence-electron chi connectivity index (χ3n) is 3.58. The minimum atomic E-state index is -3.49. The molecule has 128 valence electrons. The highest BCUT2D eigenvalue weighted by Gasteiger charge is 2.18. The van der Waals surface area contributed by atoms with Gasteiger partial charge in [-0.1, -0.05) is 0 Å². The van der Waals surface area contributed by atoms with Crippen molar-refractivity contribution in [3.05, 3.63) is 45.7 Å². The summed E-state index contributed by atoms with van der Waals surface area (Å²) in [5.41, 5.74) is 2.75. The van der Waals surface area contributed by atoms with Crippen molar-refractivity contribution >= 4 is 37.3 Å². The van der Waals surface area contributed by atoms with E-state index < -0.39 is 10.0 Å². The lowest BCUT2D eigenvalue weighted by Crippen LogP contribution is -2.27. The van der Waals surface area contributed by atoms with Crippen LogP contribution in [0.3, 0.4) is 0 Å². The summed E-state index contributed by atoms with van der Waals surface area (Å²) in [4.78, 5) is 0. The van der Waals surface area contributed by atoms with Crippen molar-refractivity contribution in [1.29, 1.82) is 0 Å². The first kappa shape index (κ1) is 17.4. The van der Waals surface area contributed by atoms with Crippen LogP contribution in [-0.4, -0.2) is 24.7 Å². The van der Waals surface area contributed by atoms with Crippen LogP contribution >= 0.6 is 27.3 Å². The molecule has 3 aromatic rings. The van der Waals surface area contributed by atoms with Crippen molar-refractivity contribution in [3.63, 3.8) is 0 Å². The summed E-state index contributed by atoms with van der Waals surface area (Å²) in [6.45, 7) is 4.56. The molecule has 0 spiro atoms. The lowest BCUT2D eigenvalue weighted by Gasteiger charge is -2.07. The van der Waals surface area contributed by atoms with Gasteiger partial charge in [-0.2, -0.15) is 5.10 Å². The standard InChI is InChI=1S/C15H16BrN3O3S2/c1-10-15(12-4-3-9-22-12)11(2)19(18-10)8-7-17-24(20,21)14-6-5-13(16)23-14/h3-6,9,17H,7-8H2,1-2H3. The molecule has 1 N–H and O–H groups in total. The Morgan fingerprint density at radius 2 is 2.12 bits per heavy atom. The maximum absolute atomic E-state index is 12.2.